The molecule has 0 atom stereocenters. The van der Waals surface area contributed by atoms with Gasteiger partial charge in [0, 0.05) is 18.1 Å². The van der Waals surface area contributed by atoms with Crippen molar-refractivity contribution < 1.29 is 0 Å². The molecule has 3 heteroatoms. The van der Waals surface area contributed by atoms with Crippen LogP contribution in [0.5, 0.6) is 0 Å². The van der Waals surface area contributed by atoms with Crippen LogP contribution in [-0.2, 0) is 6.54 Å². The maximum absolute atomic E-state index is 5.60. The van der Waals surface area contributed by atoms with Crippen molar-refractivity contribution in [1.29, 1.82) is 0 Å². The molecule has 1 aromatic heterocycles. The second kappa shape index (κ2) is 5.28. The zero-order valence-corrected chi connectivity index (χ0v) is 9.14. The van der Waals surface area contributed by atoms with Gasteiger partial charge in [0.2, 0.25) is 0 Å². The maximum atomic E-state index is 5.60. The lowest BCUT2D eigenvalue weighted by atomic mass is 10.2. The van der Waals surface area contributed by atoms with Crippen LogP contribution in [0.25, 0.3) is 0 Å². The Kier molecular flexibility index (Phi) is 4.29. The Balaban J connectivity index is 2.32. The fourth-order valence-corrected chi connectivity index (χ4v) is 1.62. The first-order valence-electron chi connectivity index (χ1n) is 4.81. The summed E-state index contributed by atoms with van der Waals surface area (Å²) in [6.07, 6.45) is 3.48. The largest absolute Gasteiger partial charge is 0.270 e. The van der Waals surface area contributed by atoms with E-state index in [1.165, 1.54) is 18.5 Å². The van der Waals surface area contributed by atoms with Crippen LogP contribution in [0, 0.1) is 13.8 Å². The summed E-state index contributed by atoms with van der Waals surface area (Å²) in [5, 5.41) is 4.39. The van der Waals surface area contributed by atoms with Gasteiger partial charge >= 0.3 is 0 Å². The molecule has 0 N–H and O–H groups in total. The van der Waals surface area contributed by atoms with Crippen LogP contribution < -0.4 is 0 Å². The number of alkyl halides is 1. The van der Waals surface area contributed by atoms with E-state index in [0.29, 0.717) is 0 Å². The second-order valence-corrected chi connectivity index (χ2v) is 3.78. The highest BCUT2D eigenvalue weighted by molar-refractivity contribution is 6.17. The number of aryl methyl sites for hydroxylation is 3. The Morgan fingerprint density at radius 2 is 2.08 bits per heavy atom. The number of rotatable bonds is 5. The van der Waals surface area contributed by atoms with Crippen LogP contribution in [0.1, 0.15) is 30.7 Å². The summed E-state index contributed by atoms with van der Waals surface area (Å²) in [6.45, 7) is 5.15. The minimum Gasteiger partial charge on any atom is -0.270 e. The van der Waals surface area contributed by atoms with E-state index in [4.69, 9.17) is 11.6 Å². The van der Waals surface area contributed by atoms with Gasteiger partial charge in [-0.1, -0.05) is 6.42 Å². The molecule has 0 aliphatic carbocycles. The smallest absolute Gasteiger partial charge is 0.0596 e. The molecule has 2 nitrogen and oxygen atoms in total. The SMILES string of the molecule is Cc1cc(C)n(CCCCCCl)n1. The molecule has 1 heterocycles. The van der Waals surface area contributed by atoms with Crippen molar-refractivity contribution in [3.8, 4) is 0 Å². The molecule has 0 amide bonds. The summed E-state index contributed by atoms with van der Waals surface area (Å²) in [5.74, 6) is 0.775. The summed E-state index contributed by atoms with van der Waals surface area (Å²) in [6, 6.07) is 2.11. The molecular formula is C10H17ClN2. The van der Waals surface area contributed by atoms with Crippen molar-refractivity contribution in [3.05, 3.63) is 17.5 Å². The van der Waals surface area contributed by atoms with Crippen LogP contribution >= 0.6 is 11.6 Å². The fraction of sp³-hybridized carbons (Fsp3) is 0.700. The Morgan fingerprint density at radius 3 is 2.62 bits per heavy atom. The molecule has 0 fully saturated rings. The lowest BCUT2D eigenvalue weighted by Crippen LogP contribution is -2.02. The molecule has 0 radical (unpaired) electrons. The van der Waals surface area contributed by atoms with Gasteiger partial charge in [0.05, 0.1) is 5.69 Å². The summed E-state index contributed by atoms with van der Waals surface area (Å²) >= 11 is 5.60. The predicted molar refractivity (Wildman–Crippen MR) is 56.3 cm³/mol. The minimum atomic E-state index is 0.775. The summed E-state index contributed by atoms with van der Waals surface area (Å²) in [4.78, 5) is 0. The number of aromatic nitrogens is 2. The quantitative estimate of drug-likeness (QED) is 0.528. The van der Waals surface area contributed by atoms with Crippen LogP contribution in [0.15, 0.2) is 6.07 Å². The summed E-state index contributed by atoms with van der Waals surface area (Å²) in [7, 11) is 0. The molecule has 0 bridgehead atoms. The number of unbranched alkanes of at least 4 members (excludes halogenated alkanes) is 2. The van der Waals surface area contributed by atoms with Crippen molar-refractivity contribution in [2.75, 3.05) is 5.88 Å². The van der Waals surface area contributed by atoms with Crippen molar-refractivity contribution in [1.82, 2.24) is 9.78 Å². The van der Waals surface area contributed by atoms with E-state index in [2.05, 4.69) is 22.8 Å². The molecule has 0 unspecified atom stereocenters. The summed E-state index contributed by atoms with van der Waals surface area (Å²) in [5.41, 5.74) is 2.36. The number of hydrogen-bond donors (Lipinski definition) is 0. The van der Waals surface area contributed by atoms with Gasteiger partial charge < -0.3 is 0 Å². The molecule has 0 spiro atoms. The van der Waals surface area contributed by atoms with E-state index >= 15 is 0 Å². The van der Waals surface area contributed by atoms with E-state index in [1.807, 2.05) is 6.92 Å². The monoisotopic (exact) mass is 200 g/mol. The number of hydrogen-bond acceptors (Lipinski definition) is 1. The average molecular weight is 201 g/mol. The van der Waals surface area contributed by atoms with E-state index in [9.17, 15) is 0 Å². The van der Waals surface area contributed by atoms with Crippen LogP contribution in [0.2, 0.25) is 0 Å². The second-order valence-electron chi connectivity index (χ2n) is 3.40. The first-order valence-corrected chi connectivity index (χ1v) is 5.34. The van der Waals surface area contributed by atoms with Gasteiger partial charge in [-0.3, -0.25) is 4.68 Å². The Labute approximate surface area is 84.9 Å². The number of nitrogens with zero attached hydrogens (tertiary/aromatic N) is 2. The zero-order valence-electron chi connectivity index (χ0n) is 8.39. The molecular weight excluding hydrogens is 184 g/mol. The Morgan fingerprint density at radius 1 is 1.31 bits per heavy atom. The third kappa shape index (κ3) is 3.39. The number of halogens is 1. The van der Waals surface area contributed by atoms with Gasteiger partial charge in [-0.15, -0.1) is 11.6 Å². The molecule has 1 aromatic rings. The molecule has 0 aromatic carbocycles. The van der Waals surface area contributed by atoms with E-state index in [0.717, 1.165) is 24.5 Å². The maximum Gasteiger partial charge on any atom is 0.0596 e. The zero-order chi connectivity index (χ0) is 9.68. The highest BCUT2D eigenvalue weighted by atomic mass is 35.5. The molecule has 0 saturated carbocycles. The Bertz CT molecular complexity index is 255. The van der Waals surface area contributed by atoms with Crippen LogP contribution in [-0.4, -0.2) is 15.7 Å². The predicted octanol–water partition coefficient (Wildman–Crippen LogP) is 2.91. The molecule has 74 valence electrons. The highest BCUT2D eigenvalue weighted by Gasteiger charge is 1.99. The standard InChI is InChI=1S/C10H17ClN2/c1-9-8-10(2)13(12-9)7-5-3-4-6-11/h8H,3-7H2,1-2H3. The molecule has 13 heavy (non-hydrogen) atoms. The van der Waals surface area contributed by atoms with Crippen molar-refractivity contribution in [2.24, 2.45) is 0 Å². The van der Waals surface area contributed by atoms with Gasteiger partial charge in [0.15, 0.2) is 0 Å². The molecule has 0 aliphatic heterocycles. The third-order valence-corrected chi connectivity index (χ3v) is 2.37. The van der Waals surface area contributed by atoms with Crippen LogP contribution in [0.3, 0.4) is 0 Å². The molecule has 0 saturated heterocycles. The minimum absolute atomic E-state index is 0.775. The van der Waals surface area contributed by atoms with Gasteiger partial charge in [0.25, 0.3) is 0 Å². The third-order valence-electron chi connectivity index (χ3n) is 2.11. The first kappa shape index (κ1) is 10.6. The van der Waals surface area contributed by atoms with Gasteiger partial charge in [-0.05, 0) is 32.8 Å². The van der Waals surface area contributed by atoms with Gasteiger partial charge in [0.1, 0.15) is 0 Å². The van der Waals surface area contributed by atoms with E-state index < -0.39 is 0 Å². The van der Waals surface area contributed by atoms with Gasteiger partial charge in [-0.2, -0.15) is 5.10 Å². The van der Waals surface area contributed by atoms with Crippen molar-refractivity contribution in [3.63, 3.8) is 0 Å². The topological polar surface area (TPSA) is 17.8 Å². The van der Waals surface area contributed by atoms with Gasteiger partial charge in [-0.25, -0.2) is 0 Å². The van der Waals surface area contributed by atoms with Crippen LogP contribution in [0.4, 0.5) is 0 Å². The normalized spacial score (nSPS) is 10.7. The van der Waals surface area contributed by atoms with Crippen molar-refractivity contribution >= 4 is 11.6 Å². The lowest BCUT2D eigenvalue weighted by Gasteiger charge is -2.02. The van der Waals surface area contributed by atoms with Crippen molar-refractivity contribution in [2.45, 2.75) is 39.7 Å². The fourth-order valence-electron chi connectivity index (χ4n) is 1.43. The lowest BCUT2D eigenvalue weighted by molar-refractivity contribution is 0.540. The summed E-state index contributed by atoms with van der Waals surface area (Å²) < 4.78 is 2.07. The molecule has 1 rings (SSSR count). The molecule has 0 aliphatic rings. The first-order chi connectivity index (χ1) is 6.24. The van der Waals surface area contributed by atoms with E-state index in [-0.39, 0.29) is 0 Å². The Hall–Kier alpha value is -0.500. The van der Waals surface area contributed by atoms with E-state index in [1.54, 1.807) is 0 Å². The average Bonchev–Trinajstić information content (AvgIpc) is 2.39. The highest BCUT2D eigenvalue weighted by Crippen LogP contribution is 2.05.